The highest BCUT2D eigenvalue weighted by molar-refractivity contribution is 5.90. The SMILES string of the molecule is CCOC(=O)c1ccc(Nc2ncnc3c2nnn3CC)cc1. The molecule has 0 saturated carbocycles. The van der Waals surface area contributed by atoms with Crippen LogP contribution in [0.5, 0.6) is 0 Å². The molecule has 118 valence electrons. The predicted molar refractivity (Wildman–Crippen MR) is 84.5 cm³/mol. The summed E-state index contributed by atoms with van der Waals surface area (Å²) in [5.74, 6) is 0.230. The van der Waals surface area contributed by atoms with Crippen molar-refractivity contribution in [2.75, 3.05) is 11.9 Å². The van der Waals surface area contributed by atoms with Gasteiger partial charge in [0.2, 0.25) is 0 Å². The highest BCUT2D eigenvalue weighted by atomic mass is 16.5. The fraction of sp³-hybridized carbons (Fsp3) is 0.267. The number of hydrogen-bond acceptors (Lipinski definition) is 7. The van der Waals surface area contributed by atoms with Crippen molar-refractivity contribution in [3.63, 3.8) is 0 Å². The van der Waals surface area contributed by atoms with E-state index in [9.17, 15) is 4.79 Å². The topological polar surface area (TPSA) is 94.8 Å². The van der Waals surface area contributed by atoms with Gasteiger partial charge in [0, 0.05) is 12.2 Å². The number of ether oxygens (including phenoxy) is 1. The van der Waals surface area contributed by atoms with Gasteiger partial charge in [-0.2, -0.15) is 0 Å². The van der Waals surface area contributed by atoms with E-state index in [1.165, 1.54) is 6.33 Å². The third-order valence-electron chi connectivity index (χ3n) is 3.26. The number of carbonyl (C=O) groups excluding carboxylic acids is 1. The van der Waals surface area contributed by atoms with Crippen LogP contribution >= 0.6 is 0 Å². The van der Waals surface area contributed by atoms with Crippen LogP contribution in [0.1, 0.15) is 24.2 Å². The van der Waals surface area contributed by atoms with Crippen LogP contribution < -0.4 is 5.32 Å². The van der Waals surface area contributed by atoms with E-state index in [1.807, 2.05) is 6.92 Å². The highest BCUT2D eigenvalue weighted by Crippen LogP contribution is 2.21. The Labute approximate surface area is 132 Å². The van der Waals surface area contributed by atoms with E-state index in [0.717, 1.165) is 5.69 Å². The Morgan fingerprint density at radius 1 is 1.22 bits per heavy atom. The number of anilines is 2. The molecular weight excluding hydrogens is 296 g/mol. The third kappa shape index (κ3) is 2.96. The molecule has 3 rings (SSSR count). The van der Waals surface area contributed by atoms with Gasteiger partial charge in [-0.3, -0.25) is 0 Å². The summed E-state index contributed by atoms with van der Waals surface area (Å²) in [5, 5.41) is 11.3. The molecule has 23 heavy (non-hydrogen) atoms. The van der Waals surface area contributed by atoms with Crippen molar-refractivity contribution in [1.82, 2.24) is 25.0 Å². The van der Waals surface area contributed by atoms with Gasteiger partial charge in [-0.25, -0.2) is 19.4 Å². The zero-order chi connectivity index (χ0) is 16.2. The molecule has 2 aromatic heterocycles. The summed E-state index contributed by atoms with van der Waals surface area (Å²) in [4.78, 5) is 20.0. The van der Waals surface area contributed by atoms with Crippen molar-refractivity contribution in [1.29, 1.82) is 0 Å². The first-order valence-electron chi connectivity index (χ1n) is 7.31. The number of fused-ring (bicyclic) bond motifs is 1. The number of aromatic nitrogens is 5. The third-order valence-corrected chi connectivity index (χ3v) is 3.26. The standard InChI is InChI=1S/C15H16N6O2/c1-3-21-14-12(19-20-21)13(16-9-17-14)18-11-7-5-10(6-8-11)15(22)23-4-2/h5-9H,3-4H2,1-2H3,(H,16,17,18). The van der Waals surface area contributed by atoms with Gasteiger partial charge in [0.1, 0.15) is 6.33 Å². The molecule has 0 aliphatic heterocycles. The first-order chi connectivity index (χ1) is 11.2. The maximum absolute atomic E-state index is 11.6. The van der Waals surface area contributed by atoms with E-state index < -0.39 is 0 Å². The Morgan fingerprint density at radius 3 is 2.70 bits per heavy atom. The number of benzene rings is 1. The zero-order valence-corrected chi connectivity index (χ0v) is 12.9. The molecule has 0 spiro atoms. The number of nitrogens with zero attached hydrogens (tertiary/aromatic N) is 5. The molecule has 3 aromatic rings. The van der Waals surface area contributed by atoms with Crippen LogP contribution in [0, 0.1) is 0 Å². The van der Waals surface area contributed by atoms with E-state index in [4.69, 9.17) is 4.74 Å². The lowest BCUT2D eigenvalue weighted by Crippen LogP contribution is -2.04. The summed E-state index contributed by atoms with van der Waals surface area (Å²) in [6.07, 6.45) is 1.47. The van der Waals surface area contributed by atoms with Crippen LogP contribution in [0.2, 0.25) is 0 Å². The number of carbonyl (C=O) groups is 1. The summed E-state index contributed by atoms with van der Waals surface area (Å²) >= 11 is 0. The second-order valence-electron chi connectivity index (χ2n) is 4.72. The average Bonchev–Trinajstić information content (AvgIpc) is 3.00. The Balaban J connectivity index is 1.85. The van der Waals surface area contributed by atoms with Gasteiger partial charge in [0.15, 0.2) is 17.0 Å². The van der Waals surface area contributed by atoms with Gasteiger partial charge in [-0.15, -0.1) is 5.10 Å². The lowest BCUT2D eigenvalue weighted by atomic mass is 10.2. The smallest absolute Gasteiger partial charge is 0.338 e. The minimum Gasteiger partial charge on any atom is -0.462 e. The molecule has 0 amide bonds. The van der Waals surface area contributed by atoms with Crippen LogP contribution in [-0.2, 0) is 11.3 Å². The van der Waals surface area contributed by atoms with Crippen LogP contribution in [-0.4, -0.2) is 37.5 Å². The fourth-order valence-corrected chi connectivity index (χ4v) is 2.14. The lowest BCUT2D eigenvalue weighted by Gasteiger charge is -2.07. The summed E-state index contributed by atoms with van der Waals surface area (Å²) < 4.78 is 6.66. The number of aryl methyl sites for hydroxylation is 1. The Bertz CT molecular complexity index is 828. The lowest BCUT2D eigenvalue weighted by molar-refractivity contribution is 0.0526. The number of esters is 1. The number of rotatable bonds is 5. The molecule has 0 radical (unpaired) electrons. The van der Waals surface area contributed by atoms with Gasteiger partial charge in [-0.05, 0) is 38.1 Å². The van der Waals surface area contributed by atoms with Crippen LogP contribution in [0.4, 0.5) is 11.5 Å². The van der Waals surface area contributed by atoms with Crippen molar-refractivity contribution in [3.05, 3.63) is 36.2 Å². The van der Waals surface area contributed by atoms with Crippen molar-refractivity contribution in [2.45, 2.75) is 20.4 Å². The largest absolute Gasteiger partial charge is 0.462 e. The molecule has 0 aliphatic carbocycles. The van der Waals surface area contributed by atoms with E-state index in [2.05, 4.69) is 25.6 Å². The maximum atomic E-state index is 11.6. The number of hydrogen-bond donors (Lipinski definition) is 1. The molecule has 0 aliphatic rings. The van der Waals surface area contributed by atoms with E-state index >= 15 is 0 Å². The fourth-order valence-electron chi connectivity index (χ4n) is 2.14. The van der Waals surface area contributed by atoms with Crippen LogP contribution in [0.25, 0.3) is 11.2 Å². The van der Waals surface area contributed by atoms with Gasteiger partial charge < -0.3 is 10.1 Å². The van der Waals surface area contributed by atoms with Crippen LogP contribution in [0.15, 0.2) is 30.6 Å². The summed E-state index contributed by atoms with van der Waals surface area (Å²) in [6, 6.07) is 6.96. The Hall–Kier alpha value is -3.03. The van der Waals surface area contributed by atoms with Gasteiger partial charge >= 0.3 is 5.97 Å². The zero-order valence-electron chi connectivity index (χ0n) is 12.9. The molecule has 0 bridgehead atoms. The summed E-state index contributed by atoms with van der Waals surface area (Å²) in [6.45, 7) is 4.78. The Morgan fingerprint density at radius 2 is 2.00 bits per heavy atom. The van der Waals surface area contributed by atoms with Crippen molar-refractivity contribution in [3.8, 4) is 0 Å². The molecule has 2 heterocycles. The van der Waals surface area contributed by atoms with Crippen molar-refractivity contribution >= 4 is 28.6 Å². The van der Waals surface area contributed by atoms with Crippen LogP contribution in [0.3, 0.4) is 0 Å². The van der Waals surface area contributed by atoms with E-state index in [0.29, 0.717) is 35.7 Å². The monoisotopic (exact) mass is 312 g/mol. The minimum absolute atomic E-state index is 0.339. The molecule has 0 fully saturated rings. The predicted octanol–water partition coefficient (Wildman–Crippen LogP) is 2.16. The average molecular weight is 312 g/mol. The maximum Gasteiger partial charge on any atom is 0.338 e. The van der Waals surface area contributed by atoms with Gasteiger partial charge in [-0.1, -0.05) is 5.21 Å². The van der Waals surface area contributed by atoms with Crippen molar-refractivity contribution < 1.29 is 9.53 Å². The minimum atomic E-state index is -0.339. The number of nitrogens with one attached hydrogen (secondary N) is 1. The van der Waals surface area contributed by atoms with E-state index in [1.54, 1.807) is 35.9 Å². The second kappa shape index (κ2) is 6.39. The summed E-state index contributed by atoms with van der Waals surface area (Å²) in [7, 11) is 0. The molecule has 1 aromatic carbocycles. The molecule has 1 N–H and O–H groups in total. The molecule has 0 saturated heterocycles. The second-order valence-corrected chi connectivity index (χ2v) is 4.72. The summed E-state index contributed by atoms with van der Waals surface area (Å²) in [5.41, 5.74) is 2.56. The van der Waals surface area contributed by atoms with Crippen molar-refractivity contribution in [2.24, 2.45) is 0 Å². The van der Waals surface area contributed by atoms with Gasteiger partial charge in [0.05, 0.1) is 12.2 Å². The molecule has 0 atom stereocenters. The quantitative estimate of drug-likeness (QED) is 0.721. The molecule has 8 heteroatoms. The first kappa shape index (κ1) is 14.9. The van der Waals surface area contributed by atoms with E-state index in [-0.39, 0.29) is 5.97 Å². The normalized spacial score (nSPS) is 10.7. The molecular formula is C15H16N6O2. The highest BCUT2D eigenvalue weighted by Gasteiger charge is 2.11. The first-order valence-corrected chi connectivity index (χ1v) is 7.31. The molecule has 8 nitrogen and oxygen atoms in total. The molecule has 0 unspecified atom stereocenters. The Kier molecular flexibility index (Phi) is 4.13. The van der Waals surface area contributed by atoms with Gasteiger partial charge in [0.25, 0.3) is 0 Å².